The molecular formula is C20H18FN3O. The normalized spacial score (nSPS) is 10.3. The topological polar surface area (TPSA) is 54.0 Å². The van der Waals surface area contributed by atoms with Gasteiger partial charge in [0.1, 0.15) is 11.5 Å². The van der Waals surface area contributed by atoms with E-state index in [4.69, 9.17) is 0 Å². The van der Waals surface area contributed by atoms with Gasteiger partial charge in [-0.25, -0.2) is 4.39 Å². The van der Waals surface area contributed by atoms with Crippen LogP contribution in [0.3, 0.4) is 0 Å². The zero-order valence-electron chi connectivity index (χ0n) is 13.8. The molecule has 126 valence electrons. The highest BCUT2D eigenvalue weighted by molar-refractivity contribution is 5.93. The molecule has 0 unspecified atom stereocenters. The third-order valence-electron chi connectivity index (χ3n) is 3.70. The highest BCUT2D eigenvalue weighted by atomic mass is 19.1. The molecule has 2 N–H and O–H groups in total. The van der Waals surface area contributed by atoms with Crippen molar-refractivity contribution >= 4 is 17.3 Å². The van der Waals surface area contributed by atoms with E-state index >= 15 is 0 Å². The second-order valence-corrected chi connectivity index (χ2v) is 5.70. The molecule has 0 fully saturated rings. The molecule has 0 spiro atoms. The van der Waals surface area contributed by atoms with Gasteiger partial charge in [-0.1, -0.05) is 30.3 Å². The molecule has 0 aliphatic carbocycles. The van der Waals surface area contributed by atoms with E-state index in [9.17, 15) is 9.18 Å². The van der Waals surface area contributed by atoms with Gasteiger partial charge in [-0.15, -0.1) is 0 Å². The fourth-order valence-corrected chi connectivity index (χ4v) is 2.43. The van der Waals surface area contributed by atoms with E-state index in [1.54, 1.807) is 36.5 Å². The van der Waals surface area contributed by atoms with E-state index in [1.165, 1.54) is 6.07 Å². The van der Waals surface area contributed by atoms with Gasteiger partial charge in [0, 0.05) is 29.7 Å². The quantitative estimate of drug-likeness (QED) is 0.735. The number of halogens is 1. The van der Waals surface area contributed by atoms with E-state index in [0.717, 1.165) is 16.9 Å². The third-order valence-corrected chi connectivity index (χ3v) is 3.70. The Bertz CT molecular complexity index is 895. The molecule has 4 nitrogen and oxygen atoms in total. The predicted octanol–water partition coefficient (Wildman–Crippen LogP) is 4.20. The van der Waals surface area contributed by atoms with Gasteiger partial charge in [0.2, 0.25) is 0 Å². The standard InChI is InChI=1S/C20H18FN3O/c1-14-5-4-7-16(11-14)24-17-9-10-22-19(12-17)20(25)23-13-15-6-2-3-8-18(15)21/h2-12H,13H2,1H3,(H,22,24)(H,23,25). The monoisotopic (exact) mass is 335 g/mol. The lowest BCUT2D eigenvalue weighted by molar-refractivity contribution is 0.0945. The van der Waals surface area contributed by atoms with Crippen molar-refractivity contribution in [2.45, 2.75) is 13.5 Å². The molecule has 3 aromatic rings. The van der Waals surface area contributed by atoms with Gasteiger partial charge in [0.25, 0.3) is 5.91 Å². The summed E-state index contributed by atoms with van der Waals surface area (Å²) in [6, 6.07) is 17.7. The highest BCUT2D eigenvalue weighted by Crippen LogP contribution is 2.17. The Morgan fingerprint density at radius 3 is 2.64 bits per heavy atom. The van der Waals surface area contributed by atoms with Gasteiger partial charge in [-0.3, -0.25) is 9.78 Å². The Hall–Kier alpha value is -3.21. The number of hydrogen-bond acceptors (Lipinski definition) is 3. The fourth-order valence-electron chi connectivity index (χ4n) is 2.43. The van der Waals surface area contributed by atoms with Crippen LogP contribution < -0.4 is 10.6 Å². The lowest BCUT2D eigenvalue weighted by Gasteiger charge is -2.09. The second-order valence-electron chi connectivity index (χ2n) is 5.70. The average Bonchev–Trinajstić information content (AvgIpc) is 2.61. The van der Waals surface area contributed by atoms with E-state index in [-0.39, 0.29) is 24.0 Å². The molecule has 1 amide bonds. The second kappa shape index (κ2) is 7.57. The summed E-state index contributed by atoms with van der Waals surface area (Å²) in [6.07, 6.45) is 1.57. The minimum atomic E-state index is -0.351. The largest absolute Gasteiger partial charge is 0.355 e. The van der Waals surface area contributed by atoms with Gasteiger partial charge in [0.05, 0.1) is 0 Å². The van der Waals surface area contributed by atoms with Crippen LogP contribution in [0, 0.1) is 12.7 Å². The average molecular weight is 335 g/mol. The van der Waals surface area contributed by atoms with Crippen molar-refractivity contribution in [3.8, 4) is 0 Å². The van der Waals surface area contributed by atoms with Crippen LogP contribution in [0.2, 0.25) is 0 Å². The molecule has 0 bridgehead atoms. The summed E-state index contributed by atoms with van der Waals surface area (Å²) in [5.74, 6) is -0.693. The number of hydrogen-bond donors (Lipinski definition) is 2. The number of aromatic nitrogens is 1. The first-order chi connectivity index (χ1) is 12.1. The number of nitrogens with one attached hydrogen (secondary N) is 2. The smallest absolute Gasteiger partial charge is 0.270 e. The summed E-state index contributed by atoms with van der Waals surface area (Å²) in [6.45, 7) is 2.13. The van der Waals surface area contributed by atoms with Gasteiger partial charge in [0.15, 0.2) is 0 Å². The number of benzene rings is 2. The molecule has 0 atom stereocenters. The molecule has 1 aromatic heterocycles. The van der Waals surface area contributed by atoms with Crippen molar-refractivity contribution in [1.82, 2.24) is 10.3 Å². The van der Waals surface area contributed by atoms with Crippen molar-refractivity contribution in [1.29, 1.82) is 0 Å². The van der Waals surface area contributed by atoms with Gasteiger partial charge in [-0.05, 0) is 42.8 Å². The van der Waals surface area contributed by atoms with Crippen molar-refractivity contribution in [2.75, 3.05) is 5.32 Å². The highest BCUT2D eigenvalue weighted by Gasteiger charge is 2.09. The van der Waals surface area contributed by atoms with Crippen molar-refractivity contribution in [3.05, 3.63) is 89.5 Å². The van der Waals surface area contributed by atoms with Crippen LogP contribution in [0.4, 0.5) is 15.8 Å². The van der Waals surface area contributed by atoms with Gasteiger partial charge < -0.3 is 10.6 Å². The fraction of sp³-hybridized carbons (Fsp3) is 0.100. The van der Waals surface area contributed by atoms with E-state index < -0.39 is 0 Å². The van der Waals surface area contributed by atoms with Crippen molar-refractivity contribution in [2.24, 2.45) is 0 Å². The lowest BCUT2D eigenvalue weighted by Crippen LogP contribution is -2.24. The van der Waals surface area contributed by atoms with E-state index in [0.29, 0.717) is 5.56 Å². The Kier molecular flexibility index (Phi) is 5.04. The third kappa shape index (κ3) is 4.41. The number of aryl methyl sites for hydroxylation is 1. The number of amides is 1. The van der Waals surface area contributed by atoms with Crippen molar-refractivity contribution in [3.63, 3.8) is 0 Å². The Morgan fingerprint density at radius 2 is 1.84 bits per heavy atom. The van der Waals surface area contributed by atoms with Gasteiger partial charge >= 0.3 is 0 Å². The Morgan fingerprint density at radius 1 is 1.04 bits per heavy atom. The Balaban J connectivity index is 1.68. The van der Waals surface area contributed by atoms with Crippen LogP contribution in [0.15, 0.2) is 66.9 Å². The Labute approximate surface area is 145 Å². The molecule has 0 saturated heterocycles. The number of carbonyl (C=O) groups excluding carboxylic acids is 1. The molecule has 3 rings (SSSR count). The minimum Gasteiger partial charge on any atom is -0.355 e. The molecule has 1 heterocycles. The molecule has 0 aliphatic rings. The number of nitrogens with zero attached hydrogens (tertiary/aromatic N) is 1. The van der Waals surface area contributed by atoms with Crippen LogP contribution in [0.5, 0.6) is 0 Å². The van der Waals surface area contributed by atoms with Crippen LogP contribution in [-0.4, -0.2) is 10.9 Å². The first kappa shape index (κ1) is 16.6. The molecule has 0 saturated carbocycles. The van der Waals surface area contributed by atoms with E-state index in [2.05, 4.69) is 15.6 Å². The number of anilines is 2. The van der Waals surface area contributed by atoms with Crippen LogP contribution in [0.1, 0.15) is 21.6 Å². The summed E-state index contributed by atoms with van der Waals surface area (Å²) < 4.78 is 13.6. The van der Waals surface area contributed by atoms with Crippen molar-refractivity contribution < 1.29 is 9.18 Å². The predicted molar refractivity (Wildman–Crippen MR) is 96.3 cm³/mol. The maximum absolute atomic E-state index is 13.6. The van der Waals surface area contributed by atoms with Gasteiger partial charge in [-0.2, -0.15) is 0 Å². The summed E-state index contributed by atoms with van der Waals surface area (Å²) in [5, 5.41) is 5.93. The van der Waals surface area contributed by atoms with Crippen LogP contribution in [-0.2, 0) is 6.54 Å². The summed E-state index contributed by atoms with van der Waals surface area (Å²) >= 11 is 0. The molecule has 5 heteroatoms. The zero-order chi connectivity index (χ0) is 17.6. The summed E-state index contributed by atoms with van der Waals surface area (Å²) in [4.78, 5) is 16.4. The molecule has 0 aliphatic heterocycles. The summed E-state index contributed by atoms with van der Waals surface area (Å²) in [5.41, 5.74) is 3.54. The van der Waals surface area contributed by atoms with E-state index in [1.807, 2.05) is 31.2 Å². The number of pyridine rings is 1. The molecule has 0 radical (unpaired) electrons. The molecule has 2 aromatic carbocycles. The van der Waals surface area contributed by atoms with Crippen LogP contribution in [0.25, 0.3) is 0 Å². The lowest BCUT2D eigenvalue weighted by atomic mass is 10.2. The molecular weight excluding hydrogens is 317 g/mol. The van der Waals surface area contributed by atoms with Crippen LogP contribution >= 0.6 is 0 Å². The maximum Gasteiger partial charge on any atom is 0.270 e. The maximum atomic E-state index is 13.6. The first-order valence-corrected chi connectivity index (χ1v) is 7.93. The SMILES string of the molecule is Cc1cccc(Nc2ccnc(C(=O)NCc3ccccc3F)c2)c1. The summed E-state index contributed by atoms with van der Waals surface area (Å²) in [7, 11) is 0. The number of carbonyl (C=O) groups is 1. The first-order valence-electron chi connectivity index (χ1n) is 7.93. The molecule has 25 heavy (non-hydrogen) atoms. The minimum absolute atomic E-state index is 0.114. The zero-order valence-corrected chi connectivity index (χ0v) is 13.8. The number of rotatable bonds is 5.